The molecule has 1 aliphatic heterocycles. The van der Waals surface area contributed by atoms with Gasteiger partial charge < -0.3 is 20.1 Å². The Kier molecular flexibility index (Phi) is 8.25. The van der Waals surface area contributed by atoms with Crippen LogP contribution in [0.25, 0.3) is 0 Å². The van der Waals surface area contributed by atoms with Crippen LogP contribution in [0.1, 0.15) is 26.7 Å². The fraction of sp³-hybridized carbons (Fsp3) is 0.786. The van der Waals surface area contributed by atoms with E-state index in [1.54, 1.807) is 7.11 Å². The second-order valence-electron chi connectivity index (χ2n) is 4.70. The van der Waals surface area contributed by atoms with E-state index in [1.165, 1.54) is 5.57 Å². The van der Waals surface area contributed by atoms with Crippen molar-refractivity contribution in [1.29, 1.82) is 0 Å². The molecule has 0 aromatic heterocycles. The summed E-state index contributed by atoms with van der Waals surface area (Å²) in [6, 6.07) is 0.255. The quantitative estimate of drug-likeness (QED) is 0.416. The van der Waals surface area contributed by atoms with Crippen molar-refractivity contribution in [2.45, 2.75) is 32.7 Å². The average molecular weight is 269 g/mol. The first-order valence-corrected chi connectivity index (χ1v) is 7.05. The van der Waals surface area contributed by atoms with Crippen LogP contribution in [0, 0.1) is 0 Å². The molecule has 0 spiro atoms. The summed E-state index contributed by atoms with van der Waals surface area (Å²) in [6.45, 7) is 8.09. The molecule has 0 aromatic carbocycles. The summed E-state index contributed by atoms with van der Waals surface area (Å²) in [5.41, 5.74) is 1.45. The minimum Gasteiger partial charge on any atom is -0.383 e. The lowest BCUT2D eigenvalue weighted by Gasteiger charge is -2.17. The molecule has 2 N–H and O–H groups in total. The van der Waals surface area contributed by atoms with Crippen molar-refractivity contribution in [3.8, 4) is 0 Å². The first kappa shape index (κ1) is 16.0. The van der Waals surface area contributed by atoms with Crippen LogP contribution >= 0.6 is 0 Å². The van der Waals surface area contributed by atoms with Gasteiger partial charge in [-0.05, 0) is 26.7 Å². The minimum absolute atomic E-state index is 0.255. The highest BCUT2D eigenvalue weighted by atomic mass is 16.5. The molecule has 0 bridgehead atoms. The van der Waals surface area contributed by atoms with Crippen molar-refractivity contribution in [3.05, 3.63) is 11.6 Å². The van der Waals surface area contributed by atoms with Crippen LogP contribution in [-0.4, -0.2) is 52.0 Å². The highest BCUT2D eigenvalue weighted by molar-refractivity contribution is 5.80. The third-order valence-electron chi connectivity index (χ3n) is 2.90. The lowest BCUT2D eigenvalue weighted by atomic mass is 10.1. The molecule has 110 valence electrons. The molecule has 0 aromatic rings. The van der Waals surface area contributed by atoms with Crippen LogP contribution in [0.2, 0.25) is 0 Å². The molecule has 5 heteroatoms. The molecule has 1 unspecified atom stereocenters. The van der Waals surface area contributed by atoms with Crippen LogP contribution in [0.3, 0.4) is 0 Å². The molecule has 19 heavy (non-hydrogen) atoms. The van der Waals surface area contributed by atoms with Crippen LogP contribution in [0.5, 0.6) is 0 Å². The van der Waals surface area contributed by atoms with Gasteiger partial charge in [-0.3, -0.25) is 4.99 Å². The van der Waals surface area contributed by atoms with Gasteiger partial charge in [-0.15, -0.1) is 0 Å². The molecule has 0 radical (unpaired) electrons. The summed E-state index contributed by atoms with van der Waals surface area (Å²) >= 11 is 0. The highest BCUT2D eigenvalue weighted by Crippen LogP contribution is 2.11. The molecular weight excluding hydrogens is 242 g/mol. The van der Waals surface area contributed by atoms with E-state index in [-0.39, 0.29) is 6.04 Å². The summed E-state index contributed by atoms with van der Waals surface area (Å²) in [5, 5.41) is 6.58. The summed E-state index contributed by atoms with van der Waals surface area (Å²) < 4.78 is 10.4. The Morgan fingerprint density at radius 2 is 2.42 bits per heavy atom. The lowest BCUT2D eigenvalue weighted by molar-refractivity contribution is 0.153. The Balaban J connectivity index is 2.36. The second kappa shape index (κ2) is 9.81. The number of rotatable bonds is 7. The summed E-state index contributed by atoms with van der Waals surface area (Å²) in [4.78, 5) is 4.59. The second-order valence-corrected chi connectivity index (χ2v) is 4.70. The number of aliphatic imine (C=N–C) groups is 1. The van der Waals surface area contributed by atoms with Gasteiger partial charge >= 0.3 is 0 Å². The zero-order chi connectivity index (χ0) is 13.9. The van der Waals surface area contributed by atoms with E-state index in [4.69, 9.17) is 9.47 Å². The van der Waals surface area contributed by atoms with Gasteiger partial charge in [0, 0.05) is 26.2 Å². The fourth-order valence-corrected chi connectivity index (χ4v) is 1.95. The van der Waals surface area contributed by atoms with E-state index >= 15 is 0 Å². The molecular formula is C14H27N3O2. The Labute approximate surface area is 116 Å². The Bertz CT molecular complexity index is 303. The number of methoxy groups -OCH3 is 1. The molecule has 1 rings (SSSR count). The van der Waals surface area contributed by atoms with Crippen molar-refractivity contribution in [2.75, 3.05) is 40.0 Å². The lowest BCUT2D eigenvalue weighted by Crippen LogP contribution is -2.44. The van der Waals surface area contributed by atoms with Gasteiger partial charge in [0.2, 0.25) is 0 Å². The average Bonchev–Trinajstić information content (AvgIpc) is 2.40. The molecule has 1 aliphatic rings. The van der Waals surface area contributed by atoms with Crippen molar-refractivity contribution >= 4 is 5.96 Å². The maximum atomic E-state index is 5.29. The van der Waals surface area contributed by atoms with Crippen molar-refractivity contribution in [1.82, 2.24) is 10.6 Å². The normalized spacial score (nSPS) is 17.8. The third-order valence-corrected chi connectivity index (χ3v) is 2.90. The number of hydrogen-bond donors (Lipinski definition) is 2. The molecule has 0 fully saturated rings. The first-order valence-electron chi connectivity index (χ1n) is 7.05. The first-order chi connectivity index (χ1) is 9.26. The Morgan fingerprint density at radius 3 is 3.05 bits per heavy atom. The summed E-state index contributed by atoms with van der Waals surface area (Å²) in [6.07, 6.45) is 4.23. The van der Waals surface area contributed by atoms with Crippen molar-refractivity contribution in [2.24, 2.45) is 4.99 Å². The highest BCUT2D eigenvalue weighted by Gasteiger charge is 2.05. The smallest absolute Gasteiger partial charge is 0.191 e. The third kappa shape index (κ3) is 7.18. The molecule has 0 amide bonds. The standard InChI is InChI=1S/C14H27N3O2/c1-4-15-14(17-12(2)11-18-3)16-8-5-13-6-9-19-10-7-13/h6,12H,4-5,7-11H2,1-3H3,(H2,15,16,17). The van der Waals surface area contributed by atoms with Crippen LogP contribution in [-0.2, 0) is 9.47 Å². The minimum atomic E-state index is 0.255. The molecule has 0 saturated heterocycles. The van der Waals surface area contributed by atoms with Gasteiger partial charge in [0.05, 0.1) is 19.8 Å². The van der Waals surface area contributed by atoms with E-state index < -0.39 is 0 Å². The van der Waals surface area contributed by atoms with Gasteiger partial charge in [0.15, 0.2) is 5.96 Å². The topological polar surface area (TPSA) is 54.9 Å². The van der Waals surface area contributed by atoms with E-state index in [9.17, 15) is 0 Å². The number of hydrogen-bond acceptors (Lipinski definition) is 3. The number of nitrogens with one attached hydrogen (secondary N) is 2. The number of ether oxygens (including phenoxy) is 2. The molecule has 1 heterocycles. The summed E-state index contributed by atoms with van der Waals surface area (Å²) in [7, 11) is 1.71. The van der Waals surface area contributed by atoms with Gasteiger partial charge in [-0.2, -0.15) is 0 Å². The molecule has 5 nitrogen and oxygen atoms in total. The number of guanidine groups is 1. The van der Waals surface area contributed by atoms with Gasteiger partial charge in [-0.1, -0.05) is 11.6 Å². The monoisotopic (exact) mass is 269 g/mol. The largest absolute Gasteiger partial charge is 0.383 e. The summed E-state index contributed by atoms with van der Waals surface area (Å²) in [5.74, 6) is 0.861. The molecule has 1 atom stereocenters. The number of nitrogens with zero attached hydrogens (tertiary/aromatic N) is 1. The van der Waals surface area contributed by atoms with Crippen LogP contribution in [0.15, 0.2) is 16.6 Å². The predicted molar refractivity (Wildman–Crippen MR) is 78.6 cm³/mol. The fourth-order valence-electron chi connectivity index (χ4n) is 1.95. The Hall–Kier alpha value is -1.07. The van der Waals surface area contributed by atoms with Crippen molar-refractivity contribution in [3.63, 3.8) is 0 Å². The van der Waals surface area contributed by atoms with E-state index in [2.05, 4.69) is 35.5 Å². The maximum Gasteiger partial charge on any atom is 0.191 e. The van der Waals surface area contributed by atoms with E-state index in [0.29, 0.717) is 6.61 Å². The van der Waals surface area contributed by atoms with Gasteiger partial charge in [0.1, 0.15) is 0 Å². The predicted octanol–water partition coefficient (Wildman–Crippen LogP) is 1.31. The Morgan fingerprint density at radius 1 is 1.58 bits per heavy atom. The van der Waals surface area contributed by atoms with Gasteiger partial charge in [0.25, 0.3) is 0 Å². The van der Waals surface area contributed by atoms with E-state index in [1.807, 2.05) is 0 Å². The van der Waals surface area contributed by atoms with Gasteiger partial charge in [-0.25, -0.2) is 0 Å². The van der Waals surface area contributed by atoms with E-state index in [0.717, 1.165) is 45.1 Å². The van der Waals surface area contributed by atoms with Crippen LogP contribution < -0.4 is 10.6 Å². The molecule has 0 saturated carbocycles. The maximum absolute atomic E-state index is 5.29. The molecule has 0 aliphatic carbocycles. The zero-order valence-corrected chi connectivity index (χ0v) is 12.4. The van der Waals surface area contributed by atoms with Crippen LogP contribution in [0.4, 0.5) is 0 Å². The zero-order valence-electron chi connectivity index (χ0n) is 12.4. The SMILES string of the molecule is CCNC(=NCCC1=CCOCC1)NC(C)COC. The van der Waals surface area contributed by atoms with Crippen molar-refractivity contribution < 1.29 is 9.47 Å².